The van der Waals surface area contributed by atoms with Crippen LogP contribution in [0.3, 0.4) is 0 Å². The standard InChI is InChI=1S/C13H16FNO5/c1-19-6-5-10(13(17)18)15-12(16)8-3-4-11(20-2)9(14)7-8/h3-4,7,10H,5-6H2,1-2H3,(H,15,16)(H,17,18). The molecule has 0 saturated heterocycles. The number of carboxylic acids is 1. The van der Waals surface area contributed by atoms with E-state index in [0.29, 0.717) is 0 Å². The number of methoxy groups -OCH3 is 2. The monoisotopic (exact) mass is 285 g/mol. The quantitative estimate of drug-likeness (QED) is 0.782. The summed E-state index contributed by atoms with van der Waals surface area (Å²) in [5.74, 6) is -2.53. The molecule has 0 aromatic heterocycles. The first kappa shape index (κ1) is 15.9. The highest BCUT2D eigenvalue weighted by Gasteiger charge is 2.21. The first-order valence-corrected chi connectivity index (χ1v) is 5.85. The summed E-state index contributed by atoms with van der Waals surface area (Å²) in [6.45, 7) is 0.189. The Morgan fingerprint density at radius 1 is 1.40 bits per heavy atom. The molecule has 1 aromatic carbocycles. The van der Waals surface area contributed by atoms with E-state index in [1.54, 1.807) is 0 Å². The second-order valence-electron chi connectivity index (χ2n) is 4.00. The van der Waals surface area contributed by atoms with Gasteiger partial charge in [-0.3, -0.25) is 4.79 Å². The van der Waals surface area contributed by atoms with Crippen molar-refractivity contribution in [3.63, 3.8) is 0 Å². The number of halogens is 1. The highest BCUT2D eigenvalue weighted by atomic mass is 19.1. The van der Waals surface area contributed by atoms with Crippen LogP contribution in [-0.2, 0) is 9.53 Å². The van der Waals surface area contributed by atoms with Crippen molar-refractivity contribution in [2.45, 2.75) is 12.5 Å². The van der Waals surface area contributed by atoms with Crippen LogP contribution in [0, 0.1) is 5.82 Å². The summed E-state index contributed by atoms with van der Waals surface area (Å²) in [6.07, 6.45) is 0.121. The third-order valence-corrected chi connectivity index (χ3v) is 2.63. The average molecular weight is 285 g/mol. The maximum atomic E-state index is 13.5. The van der Waals surface area contributed by atoms with Crippen LogP contribution in [0.1, 0.15) is 16.8 Å². The van der Waals surface area contributed by atoms with Gasteiger partial charge < -0.3 is 19.9 Å². The van der Waals surface area contributed by atoms with Crippen molar-refractivity contribution in [2.24, 2.45) is 0 Å². The molecule has 0 radical (unpaired) electrons. The van der Waals surface area contributed by atoms with Gasteiger partial charge in [0.15, 0.2) is 11.6 Å². The van der Waals surface area contributed by atoms with Crippen molar-refractivity contribution in [2.75, 3.05) is 20.8 Å². The zero-order valence-corrected chi connectivity index (χ0v) is 11.2. The van der Waals surface area contributed by atoms with Crippen molar-refractivity contribution >= 4 is 11.9 Å². The van der Waals surface area contributed by atoms with Gasteiger partial charge in [-0.2, -0.15) is 0 Å². The first-order chi connectivity index (χ1) is 9.49. The molecule has 110 valence electrons. The van der Waals surface area contributed by atoms with Crippen LogP contribution in [0.2, 0.25) is 0 Å². The fraction of sp³-hybridized carbons (Fsp3) is 0.385. The number of rotatable bonds is 7. The number of benzene rings is 1. The highest BCUT2D eigenvalue weighted by Crippen LogP contribution is 2.17. The van der Waals surface area contributed by atoms with E-state index in [0.717, 1.165) is 6.07 Å². The average Bonchev–Trinajstić information content (AvgIpc) is 2.42. The predicted octanol–water partition coefficient (Wildman–Crippen LogP) is 1.05. The van der Waals surface area contributed by atoms with Crippen LogP contribution < -0.4 is 10.1 Å². The minimum atomic E-state index is -1.18. The third-order valence-electron chi connectivity index (χ3n) is 2.63. The van der Waals surface area contributed by atoms with E-state index in [9.17, 15) is 14.0 Å². The van der Waals surface area contributed by atoms with E-state index in [1.807, 2.05) is 0 Å². The molecule has 1 atom stereocenters. The second kappa shape index (κ2) is 7.44. The van der Waals surface area contributed by atoms with Crippen LogP contribution in [0.15, 0.2) is 18.2 Å². The van der Waals surface area contributed by atoms with Crippen LogP contribution >= 0.6 is 0 Å². The molecule has 0 aliphatic rings. The number of nitrogens with one attached hydrogen (secondary N) is 1. The largest absolute Gasteiger partial charge is 0.494 e. The molecule has 0 aliphatic heterocycles. The van der Waals surface area contributed by atoms with Gasteiger partial charge >= 0.3 is 5.97 Å². The number of hydrogen-bond acceptors (Lipinski definition) is 4. The normalized spacial score (nSPS) is 11.8. The predicted molar refractivity (Wildman–Crippen MR) is 68.3 cm³/mol. The lowest BCUT2D eigenvalue weighted by molar-refractivity contribution is -0.139. The van der Waals surface area contributed by atoms with Gasteiger partial charge in [0, 0.05) is 25.7 Å². The maximum absolute atomic E-state index is 13.5. The Kier molecular flexibility index (Phi) is 5.92. The number of carbonyl (C=O) groups is 2. The lowest BCUT2D eigenvalue weighted by atomic mass is 10.1. The lowest BCUT2D eigenvalue weighted by Crippen LogP contribution is -2.41. The second-order valence-corrected chi connectivity index (χ2v) is 4.00. The lowest BCUT2D eigenvalue weighted by Gasteiger charge is -2.14. The summed E-state index contributed by atoms with van der Waals surface area (Å²) >= 11 is 0. The van der Waals surface area contributed by atoms with Crippen LogP contribution in [-0.4, -0.2) is 43.9 Å². The molecule has 1 rings (SSSR count). The van der Waals surface area contributed by atoms with E-state index in [2.05, 4.69) is 5.32 Å². The summed E-state index contributed by atoms with van der Waals surface area (Å²) in [4.78, 5) is 22.8. The minimum absolute atomic E-state index is 0.00992. The van der Waals surface area contributed by atoms with Gasteiger partial charge in [0.05, 0.1) is 7.11 Å². The number of hydrogen-bond donors (Lipinski definition) is 2. The van der Waals surface area contributed by atoms with Crippen LogP contribution in [0.5, 0.6) is 5.75 Å². The number of amides is 1. The van der Waals surface area contributed by atoms with Gasteiger partial charge in [-0.1, -0.05) is 0 Å². The molecule has 7 heteroatoms. The van der Waals surface area contributed by atoms with Gasteiger partial charge in [0.1, 0.15) is 6.04 Å². The van der Waals surface area contributed by atoms with Crippen molar-refractivity contribution in [3.8, 4) is 5.75 Å². The minimum Gasteiger partial charge on any atom is -0.494 e. The summed E-state index contributed by atoms with van der Waals surface area (Å²) in [5, 5.41) is 11.3. The summed E-state index contributed by atoms with van der Waals surface area (Å²) in [5.41, 5.74) is 0.0203. The maximum Gasteiger partial charge on any atom is 0.326 e. The smallest absolute Gasteiger partial charge is 0.326 e. The SMILES string of the molecule is COCCC(NC(=O)c1ccc(OC)c(F)c1)C(=O)O. The van der Waals surface area contributed by atoms with Gasteiger partial charge in [0.25, 0.3) is 5.91 Å². The van der Waals surface area contributed by atoms with E-state index >= 15 is 0 Å². The number of aliphatic carboxylic acids is 1. The van der Waals surface area contributed by atoms with E-state index in [-0.39, 0.29) is 24.3 Å². The Hall–Kier alpha value is -2.15. The zero-order chi connectivity index (χ0) is 15.1. The Morgan fingerprint density at radius 3 is 2.60 bits per heavy atom. The Morgan fingerprint density at radius 2 is 2.10 bits per heavy atom. The molecule has 0 aliphatic carbocycles. The van der Waals surface area contributed by atoms with Gasteiger partial charge in [-0.05, 0) is 18.2 Å². The molecule has 2 N–H and O–H groups in total. The third kappa shape index (κ3) is 4.20. The summed E-state index contributed by atoms with van der Waals surface area (Å²) < 4.78 is 23.0. The summed E-state index contributed by atoms with van der Waals surface area (Å²) in [7, 11) is 2.74. The molecule has 20 heavy (non-hydrogen) atoms. The molecule has 0 saturated carbocycles. The van der Waals surface area contributed by atoms with Crippen molar-refractivity contribution in [1.29, 1.82) is 0 Å². The molecule has 1 aromatic rings. The van der Waals surface area contributed by atoms with Crippen LogP contribution in [0.4, 0.5) is 4.39 Å². The molecular formula is C13H16FNO5. The van der Waals surface area contributed by atoms with Crippen molar-refractivity contribution in [3.05, 3.63) is 29.6 Å². The molecule has 0 spiro atoms. The number of ether oxygens (including phenoxy) is 2. The topological polar surface area (TPSA) is 84.9 Å². The Labute approximate surface area is 115 Å². The van der Waals surface area contributed by atoms with Gasteiger partial charge in [-0.15, -0.1) is 0 Å². The van der Waals surface area contributed by atoms with Crippen molar-refractivity contribution < 1.29 is 28.6 Å². The Balaban J connectivity index is 2.78. The number of carboxylic acid groups (broad SMARTS) is 1. The highest BCUT2D eigenvalue weighted by molar-refractivity contribution is 5.96. The number of carbonyl (C=O) groups excluding carboxylic acids is 1. The van der Waals surface area contributed by atoms with Gasteiger partial charge in [0.2, 0.25) is 0 Å². The summed E-state index contributed by atoms with van der Waals surface area (Å²) in [6, 6.07) is 2.55. The van der Waals surface area contributed by atoms with E-state index in [1.165, 1.54) is 26.4 Å². The van der Waals surface area contributed by atoms with Crippen molar-refractivity contribution in [1.82, 2.24) is 5.32 Å². The molecular weight excluding hydrogens is 269 g/mol. The molecule has 0 bridgehead atoms. The molecule has 0 fully saturated rings. The fourth-order valence-corrected chi connectivity index (χ4v) is 1.54. The zero-order valence-electron chi connectivity index (χ0n) is 11.2. The first-order valence-electron chi connectivity index (χ1n) is 5.85. The molecule has 1 amide bonds. The fourth-order valence-electron chi connectivity index (χ4n) is 1.54. The molecule has 0 heterocycles. The van der Waals surface area contributed by atoms with E-state index in [4.69, 9.17) is 14.6 Å². The van der Waals surface area contributed by atoms with E-state index < -0.39 is 23.7 Å². The van der Waals surface area contributed by atoms with Crippen LogP contribution in [0.25, 0.3) is 0 Å². The molecule has 6 nitrogen and oxygen atoms in total. The van der Waals surface area contributed by atoms with Gasteiger partial charge in [-0.25, -0.2) is 9.18 Å². The molecule has 1 unspecified atom stereocenters. The Bertz CT molecular complexity index is 492.